The van der Waals surface area contributed by atoms with Gasteiger partial charge in [0, 0.05) is 25.8 Å². The maximum Gasteiger partial charge on any atom is 0.272 e. The molecule has 1 amide bonds. The summed E-state index contributed by atoms with van der Waals surface area (Å²) in [5.74, 6) is 0.775. The number of halogens is 2. The molecule has 6 heteroatoms. The normalized spacial score (nSPS) is 14.2. The molecule has 1 aromatic heterocycles. The van der Waals surface area contributed by atoms with E-state index < -0.39 is 0 Å². The highest BCUT2D eigenvalue weighted by Crippen LogP contribution is 2.31. The van der Waals surface area contributed by atoms with Crippen molar-refractivity contribution in [3.63, 3.8) is 0 Å². The minimum absolute atomic E-state index is 0.0345. The SMILES string of the molecule is COc1ccc(CN2CCn3cc(Br)c(Cl)c3C2=O)cc1. The van der Waals surface area contributed by atoms with Crippen LogP contribution in [0.25, 0.3) is 0 Å². The second-order valence-electron chi connectivity index (χ2n) is 4.91. The maximum absolute atomic E-state index is 12.6. The lowest BCUT2D eigenvalue weighted by atomic mass is 10.2. The van der Waals surface area contributed by atoms with Crippen LogP contribution >= 0.6 is 27.5 Å². The first-order valence-corrected chi connectivity index (χ1v) is 7.73. The van der Waals surface area contributed by atoms with E-state index in [1.807, 2.05) is 39.9 Å². The van der Waals surface area contributed by atoms with E-state index in [-0.39, 0.29) is 5.91 Å². The van der Waals surface area contributed by atoms with Gasteiger partial charge in [-0.1, -0.05) is 23.7 Å². The van der Waals surface area contributed by atoms with Gasteiger partial charge in [-0.15, -0.1) is 0 Å². The van der Waals surface area contributed by atoms with Crippen LogP contribution in [0.2, 0.25) is 5.02 Å². The van der Waals surface area contributed by atoms with E-state index in [4.69, 9.17) is 16.3 Å². The molecular formula is C15H14BrClN2O2. The highest BCUT2D eigenvalue weighted by Gasteiger charge is 2.28. The molecule has 0 atom stereocenters. The number of carbonyl (C=O) groups is 1. The summed E-state index contributed by atoms with van der Waals surface area (Å²) in [5.41, 5.74) is 1.63. The van der Waals surface area contributed by atoms with Crippen molar-refractivity contribution in [2.75, 3.05) is 13.7 Å². The molecule has 0 saturated carbocycles. The fourth-order valence-corrected chi connectivity index (χ4v) is 3.15. The Morgan fingerprint density at radius 2 is 2.00 bits per heavy atom. The van der Waals surface area contributed by atoms with Crippen molar-refractivity contribution in [2.45, 2.75) is 13.1 Å². The summed E-state index contributed by atoms with van der Waals surface area (Å²) in [5, 5.41) is 0.486. The second-order valence-corrected chi connectivity index (χ2v) is 6.14. The van der Waals surface area contributed by atoms with Crippen molar-refractivity contribution >= 4 is 33.4 Å². The molecule has 0 fully saturated rings. The summed E-state index contributed by atoms with van der Waals surface area (Å²) >= 11 is 9.57. The summed E-state index contributed by atoms with van der Waals surface area (Å²) in [7, 11) is 1.64. The summed E-state index contributed by atoms with van der Waals surface area (Å²) in [6.07, 6.45) is 1.86. The molecule has 1 aliphatic rings. The van der Waals surface area contributed by atoms with Gasteiger partial charge in [0.1, 0.15) is 11.4 Å². The van der Waals surface area contributed by atoms with Crippen molar-refractivity contribution in [1.29, 1.82) is 0 Å². The second kappa shape index (κ2) is 5.73. The number of ether oxygens (including phenoxy) is 1. The van der Waals surface area contributed by atoms with Crippen molar-refractivity contribution in [1.82, 2.24) is 9.47 Å². The van der Waals surface area contributed by atoms with Gasteiger partial charge >= 0.3 is 0 Å². The summed E-state index contributed by atoms with van der Waals surface area (Å²) in [4.78, 5) is 14.4. The quantitative estimate of drug-likeness (QED) is 0.829. The van der Waals surface area contributed by atoms with Crippen LogP contribution in [-0.4, -0.2) is 29.0 Å². The first kappa shape index (κ1) is 14.5. The van der Waals surface area contributed by atoms with E-state index in [0.717, 1.165) is 22.3 Å². The molecule has 0 bridgehead atoms. The predicted octanol–water partition coefficient (Wildman–Crippen LogP) is 3.57. The third-order valence-corrected chi connectivity index (χ3v) is 4.82. The summed E-state index contributed by atoms with van der Waals surface area (Å²) in [6, 6.07) is 7.74. The Kier molecular flexibility index (Phi) is 3.95. The van der Waals surface area contributed by atoms with Gasteiger partial charge in [0.25, 0.3) is 5.91 Å². The zero-order valence-electron chi connectivity index (χ0n) is 11.5. The number of hydrogen-bond acceptors (Lipinski definition) is 2. The van der Waals surface area contributed by atoms with Crippen LogP contribution in [0, 0.1) is 0 Å². The van der Waals surface area contributed by atoms with Gasteiger partial charge in [0.05, 0.1) is 16.6 Å². The number of aromatic nitrogens is 1. The van der Waals surface area contributed by atoms with E-state index >= 15 is 0 Å². The Morgan fingerprint density at radius 3 is 2.67 bits per heavy atom. The van der Waals surface area contributed by atoms with E-state index in [1.54, 1.807) is 7.11 Å². The molecule has 0 radical (unpaired) electrons. The molecule has 3 rings (SSSR count). The zero-order valence-corrected chi connectivity index (χ0v) is 13.8. The molecule has 0 unspecified atom stereocenters. The standard InChI is InChI=1S/C15H14BrClN2O2/c1-21-11-4-2-10(3-5-11)8-19-7-6-18-9-12(16)13(17)14(18)15(19)20/h2-5,9H,6-8H2,1H3. The van der Waals surface area contributed by atoms with E-state index in [9.17, 15) is 4.79 Å². The summed E-state index contributed by atoms with van der Waals surface area (Å²) in [6.45, 7) is 2.00. The molecule has 2 aromatic rings. The highest BCUT2D eigenvalue weighted by atomic mass is 79.9. The lowest BCUT2D eigenvalue weighted by Crippen LogP contribution is -2.39. The van der Waals surface area contributed by atoms with Gasteiger partial charge in [-0.2, -0.15) is 0 Å². The van der Waals surface area contributed by atoms with Crippen molar-refractivity contribution in [3.8, 4) is 5.75 Å². The van der Waals surface area contributed by atoms with Crippen molar-refractivity contribution in [2.24, 2.45) is 0 Å². The summed E-state index contributed by atoms with van der Waals surface area (Å²) < 4.78 is 7.80. The van der Waals surface area contributed by atoms with Crippen LogP contribution in [-0.2, 0) is 13.1 Å². The Morgan fingerprint density at radius 1 is 1.29 bits per heavy atom. The fourth-order valence-electron chi connectivity index (χ4n) is 2.47. The molecule has 0 saturated heterocycles. The molecule has 0 aliphatic carbocycles. The first-order chi connectivity index (χ1) is 10.1. The minimum atomic E-state index is -0.0345. The number of carbonyl (C=O) groups excluding carboxylic acids is 1. The number of rotatable bonds is 3. The van der Waals surface area contributed by atoms with Crippen LogP contribution in [0.15, 0.2) is 34.9 Å². The Hall–Kier alpha value is -1.46. The van der Waals surface area contributed by atoms with Crippen LogP contribution < -0.4 is 4.74 Å². The predicted molar refractivity (Wildman–Crippen MR) is 84.9 cm³/mol. The van der Waals surface area contributed by atoms with Crippen LogP contribution in [0.5, 0.6) is 5.75 Å². The Bertz CT molecular complexity index is 682. The molecule has 1 aromatic carbocycles. The fraction of sp³-hybridized carbons (Fsp3) is 0.267. The van der Waals surface area contributed by atoms with E-state index in [0.29, 0.717) is 23.8 Å². The van der Waals surface area contributed by atoms with Gasteiger partial charge in [0.2, 0.25) is 0 Å². The Labute approximate surface area is 136 Å². The first-order valence-electron chi connectivity index (χ1n) is 6.56. The maximum atomic E-state index is 12.6. The molecular weight excluding hydrogens is 356 g/mol. The van der Waals surface area contributed by atoms with Crippen molar-refractivity contribution < 1.29 is 9.53 Å². The lowest BCUT2D eigenvalue weighted by Gasteiger charge is -2.28. The Balaban J connectivity index is 1.81. The van der Waals surface area contributed by atoms with Gasteiger partial charge < -0.3 is 14.2 Å². The molecule has 4 nitrogen and oxygen atoms in total. The zero-order chi connectivity index (χ0) is 15.0. The number of hydrogen-bond donors (Lipinski definition) is 0. The third kappa shape index (κ3) is 2.68. The number of nitrogens with zero attached hydrogens (tertiary/aromatic N) is 2. The molecule has 110 valence electrons. The van der Waals surface area contributed by atoms with Crippen LogP contribution in [0.3, 0.4) is 0 Å². The van der Waals surface area contributed by atoms with Crippen molar-refractivity contribution in [3.05, 3.63) is 51.2 Å². The van der Waals surface area contributed by atoms with Gasteiger partial charge in [0.15, 0.2) is 0 Å². The number of methoxy groups -OCH3 is 1. The van der Waals surface area contributed by atoms with Crippen LogP contribution in [0.1, 0.15) is 16.1 Å². The highest BCUT2D eigenvalue weighted by molar-refractivity contribution is 9.10. The van der Waals surface area contributed by atoms with Gasteiger partial charge in [-0.05, 0) is 33.6 Å². The number of amides is 1. The topological polar surface area (TPSA) is 34.5 Å². The molecule has 1 aliphatic heterocycles. The third-order valence-electron chi connectivity index (χ3n) is 3.61. The number of benzene rings is 1. The molecule has 0 N–H and O–H groups in total. The average molecular weight is 370 g/mol. The van der Waals surface area contributed by atoms with Gasteiger partial charge in [-0.25, -0.2) is 0 Å². The largest absolute Gasteiger partial charge is 0.497 e. The lowest BCUT2D eigenvalue weighted by molar-refractivity contribution is 0.0691. The molecule has 2 heterocycles. The van der Waals surface area contributed by atoms with E-state index in [2.05, 4.69) is 15.9 Å². The average Bonchev–Trinajstić information content (AvgIpc) is 2.79. The molecule has 0 spiro atoms. The molecule has 21 heavy (non-hydrogen) atoms. The monoisotopic (exact) mass is 368 g/mol. The van der Waals surface area contributed by atoms with Crippen LogP contribution in [0.4, 0.5) is 0 Å². The smallest absolute Gasteiger partial charge is 0.272 e. The minimum Gasteiger partial charge on any atom is -0.497 e. The van der Waals surface area contributed by atoms with E-state index in [1.165, 1.54) is 0 Å². The number of fused-ring (bicyclic) bond motifs is 1. The van der Waals surface area contributed by atoms with Gasteiger partial charge in [-0.3, -0.25) is 4.79 Å².